The van der Waals surface area contributed by atoms with Crippen LogP contribution in [0.5, 0.6) is 0 Å². The molecule has 0 unspecified atom stereocenters. The van der Waals surface area contributed by atoms with E-state index in [2.05, 4.69) is 20.7 Å². The molecule has 1 aromatic rings. The lowest BCUT2D eigenvalue weighted by Gasteiger charge is -2.13. The summed E-state index contributed by atoms with van der Waals surface area (Å²) in [7, 11) is -3.88. The summed E-state index contributed by atoms with van der Waals surface area (Å²) in [5.74, 6) is -1.21. The highest BCUT2D eigenvalue weighted by atomic mass is 79.9. The Morgan fingerprint density at radius 3 is 2.61 bits per heavy atom. The Bertz CT molecular complexity index is 557. The molecule has 0 aliphatic carbocycles. The smallest absolute Gasteiger partial charge is 0.335 e. The van der Waals surface area contributed by atoms with E-state index in [1.54, 1.807) is 0 Å². The number of benzene rings is 1. The van der Waals surface area contributed by atoms with Gasteiger partial charge in [0.2, 0.25) is 10.0 Å². The summed E-state index contributed by atoms with van der Waals surface area (Å²) in [5, 5.41) is 17.6. The van der Waals surface area contributed by atoms with Gasteiger partial charge in [-0.05, 0) is 41.1 Å². The number of halogens is 1. The van der Waals surface area contributed by atoms with Crippen LogP contribution in [0.25, 0.3) is 0 Å². The van der Waals surface area contributed by atoms with Gasteiger partial charge >= 0.3 is 5.97 Å². The molecule has 0 saturated carbocycles. The zero-order valence-electron chi connectivity index (χ0n) is 9.42. The molecule has 0 aliphatic heterocycles. The van der Waals surface area contributed by atoms with Crippen molar-refractivity contribution < 1.29 is 23.4 Å². The maximum atomic E-state index is 12.0. The minimum Gasteiger partial charge on any atom is -0.478 e. The van der Waals surface area contributed by atoms with Crippen molar-refractivity contribution in [3.05, 3.63) is 28.2 Å². The average molecular weight is 338 g/mol. The summed E-state index contributed by atoms with van der Waals surface area (Å²) in [5.41, 5.74) is -0.129. The molecule has 1 aromatic carbocycles. The number of nitrogens with one attached hydrogen (secondary N) is 1. The van der Waals surface area contributed by atoms with Crippen molar-refractivity contribution in [3.63, 3.8) is 0 Å². The minimum absolute atomic E-state index is 0.129. The summed E-state index contributed by atoms with van der Waals surface area (Å²) < 4.78 is 26.4. The molecule has 6 nitrogen and oxygen atoms in total. The molecule has 1 atom stereocenters. The van der Waals surface area contributed by atoms with Crippen molar-refractivity contribution in [2.75, 3.05) is 6.61 Å². The fourth-order valence-electron chi connectivity index (χ4n) is 1.21. The van der Waals surface area contributed by atoms with Gasteiger partial charge in [-0.1, -0.05) is 0 Å². The van der Waals surface area contributed by atoms with Crippen LogP contribution in [-0.2, 0) is 10.0 Å². The molecule has 0 fully saturated rings. The second-order valence-corrected chi connectivity index (χ2v) is 6.19. The number of aliphatic hydroxyl groups excluding tert-OH is 1. The van der Waals surface area contributed by atoms with Gasteiger partial charge in [-0.15, -0.1) is 0 Å². The first-order valence-corrected chi connectivity index (χ1v) is 7.21. The van der Waals surface area contributed by atoms with Gasteiger partial charge in [0.15, 0.2) is 0 Å². The SMILES string of the molecule is C[C@@H](CO)NS(=O)(=O)c1cc(C(=O)O)ccc1Br. The van der Waals surface area contributed by atoms with Crippen LogP contribution in [0.2, 0.25) is 0 Å². The summed E-state index contributed by atoms with van der Waals surface area (Å²) in [6, 6.07) is 3.04. The highest BCUT2D eigenvalue weighted by Crippen LogP contribution is 2.23. The molecule has 0 spiro atoms. The van der Waals surface area contributed by atoms with Gasteiger partial charge in [0.25, 0.3) is 0 Å². The van der Waals surface area contributed by atoms with E-state index in [1.165, 1.54) is 19.1 Å². The van der Waals surface area contributed by atoms with E-state index in [-0.39, 0.29) is 21.5 Å². The maximum absolute atomic E-state index is 12.0. The maximum Gasteiger partial charge on any atom is 0.335 e. The highest BCUT2D eigenvalue weighted by molar-refractivity contribution is 9.10. The third kappa shape index (κ3) is 3.52. The number of aromatic carboxylic acids is 1. The van der Waals surface area contributed by atoms with Gasteiger partial charge in [0.1, 0.15) is 0 Å². The Morgan fingerprint density at radius 1 is 1.50 bits per heavy atom. The number of carboxylic acid groups (broad SMARTS) is 1. The summed E-state index contributed by atoms with van der Waals surface area (Å²) in [4.78, 5) is 10.6. The average Bonchev–Trinajstić information content (AvgIpc) is 2.28. The number of aliphatic hydroxyl groups is 1. The van der Waals surface area contributed by atoms with E-state index >= 15 is 0 Å². The second kappa shape index (κ2) is 5.79. The van der Waals surface area contributed by atoms with E-state index in [1.807, 2.05) is 0 Å². The molecule has 3 N–H and O–H groups in total. The van der Waals surface area contributed by atoms with Gasteiger partial charge in [0.05, 0.1) is 17.1 Å². The Kier molecular flexibility index (Phi) is 4.85. The molecule has 0 radical (unpaired) electrons. The number of hydrogen-bond acceptors (Lipinski definition) is 4. The standard InChI is InChI=1S/C10H12BrNO5S/c1-6(5-13)12-18(16,17)9-4-7(10(14)15)2-3-8(9)11/h2-4,6,12-13H,5H2,1H3,(H,14,15)/t6-/m0/s1. The van der Waals surface area contributed by atoms with E-state index in [4.69, 9.17) is 10.2 Å². The number of rotatable bonds is 5. The number of carboxylic acids is 1. The fraction of sp³-hybridized carbons (Fsp3) is 0.300. The molecule has 0 heterocycles. The summed E-state index contributed by atoms with van der Waals surface area (Å²) >= 11 is 3.05. The predicted octanol–water partition coefficient (Wildman–Crippen LogP) is 0.806. The largest absolute Gasteiger partial charge is 0.478 e. The first-order chi connectivity index (χ1) is 8.27. The molecule has 8 heteroatoms. The lowest BCUT2D eigenvalue weighted by Crippen LogP contribution is -2.35. The molecule has 100 valence electrons. The third-order valence-corrected chi connectivity index (χ3v) is 4.68. The summed E-state index contributed by atoms with van der Waals surface area (Å²) in [6.07, 6.45) is 0. The van der Waals surface area contributed by atoms with Crippen molar-refractivity contribution in [2.45, 2.75) is 17.9 Å². The predicted molar refractivity (Wildman–Crippen MR) is 68.0 cm³/mol. The van der Waals surface area contributed by atoms with Crippen LogP contribution in [0.1, 0.15) is 17.3 Å². The van der Waals surface area contributed by atoms with Gasteiger partial charge in [-0.2, -0.15) is 0 Å². The Hall–Kier alpha value is -0.960. The fourth-order valence-corrected chi connectivity index (χ4v) is 3.43. The van der Waals surface area contributed by atoms with Crippen molar-refractivity contribution in [1.82, 2.24) is 4.72 Å². The Morgan fingerprint density at radius 2 is 2.11 bits per heavy atom. The first kappa shape index (κ1) is 15.1. The monoisotopic (exact) mass is 337 g/mol. The van der Waals surface area contributed by atoms with E-state index < -0.39 is 22.0 Å². The number of sulfonamides is 1. The molecule has 18 heavy (non-hydrogen) atoms. The van der Waals surface area contributed by atoms with Crippen molar-refractivity contribution in [2.24, 2.45) is 0 Å². The zero-order chi connectivity index (χ0) is 13.9. The molecular formula is C10H12BrNO5S. The number of carbonyl (C=O) groups is 1. The second-order valence-electron chi connectivity index (χ2n) is 3.66. The van der Waals surface area contributed by atoms with Crippen LogP contribution in [0.15, 0.2) is 27.6 Å². The molecule has 1 rings (SSSR count). The minimum atomic E-state index is -3.88. The van der Waals surface area contributed by atoms with Crippen molar-refractivity contribution in [3.8, 4) is 0 Å². The molecule has 0 aliphatic rings. The quantitative estimate of drug-likeness (QED) is 0.737. The molecule has 0 bridgehead atoms. The molecule has 0 amide bonds. The van der Waals surface area contributed by atoms with Crippen LogP contribution < -0.4 is 4.72 Å². The molecular weight excluding hydrogens is 326 g/mol. The van der Waals surface area contributed by atoms with E-state index in [0.29, 0.717) is 0 Å². The van der Waals surface area contributed by atoms with Crippen LogP contribution >= 0.6 is 15.9 Å². The third-order valence-electron chi connectivity index (χ3n) is 2.10. The van der Waals surface area contributed by atoms with Crippen molar-refractivity contribution in [1.29, 1.82) is 0 Å². The van der Waals surface area contributed by atoms with Gasteiger partial charge < -0.3 is 10.2 Å². The first-order valence-electron chi connectivity index (χ1n) is 4.94. The van der Waals surface area contributed by atoms with E-state index in [9.17, 15) is 13.2 Å². The van der Waals surface area contributed by atoms with Gasteiger partial charge in [-0.25, -0.2) is 17.9 Å². The molecule has 0 aromatic heterocycles. The molecule has 0 saturated heterocycles. The summed E-state index contributed by atoms with van der Waals surface area (Å²) in [6.45, 7) is 1.14. The lowest BCUT2D eigenvalue weighted by molar-refractivity contribution is 0.0696. The normalized spacial score (nSPS) is 13.3. The topological polar surface area (TPSA) is 104 Å². The van der Waals surface area contributed by atoms with Crippen LogP contribution in [-0.4, -0.2) is 37.2 Å². The van der Waals surface area contributed by atoms with E-state index in [0.717, 1.165) is 6.07 Å². The Labute approximate surface area is 113 Å². The van der Waals surface area contributed by atoms with Crippen LogP contribution in [0, 0.1) is 0 Å². The van der Waals surface area contributed by atoms with Crippen molar-refractivity contribution >= 4 is 31.9 Å². The zero-order valence-corrected chi connectivity index (χ0v) is 11.8. The van der Waals surface area contributed by atoms with Gasteiger partial charge in [0, 0.05) is 10.5 Å². The number of hydrogen-bond donors (Lipinski definition) is 3. The van der Waals surface area contributed by atoms with Crippen LogP contribution in [0.4, 0.5) is 0 Å². The Balaban J connectivity index is 3.23. The highest BCUT2D eigenvalue weighted by Gasteiger charge is 2.21. The van der Waals surface area contributed by atoms with Gasteiger partial charge in [-0.3, -0.25) is 0 Å². The lowest BCUT2D eigenvalue weighted by atomic mass is 10.2. The van der Waals surface area contributed by atoms with Crippen LogP contribution in [0.3, 0.4) is 0 Å².